The van der Waals surface area contributed by atoms with E-state index < -0.39 is 5.97 Å². The van der Waals surface area contributed by atoms with E-state index in [-0.39, 0.29) is 12.5 Å². The molecule has 2 aromatic carbocycles. The minimum absolute atomic E-state index is 0.114. The van der Waals surface area contributed by atoms with Crippen LogP contribution in [0.25, 0.3) is 17.5 Å². The second-order valence-electron chi connectivity index (χ2n) is 5.88. The molecule has 0 bridgehead atoms. The van der Waals surface area contributed by atoms with E-state index in [0.717, 1.165) is 11.1 Å². The van der Waals surface area contributed by atoms with Gasteiger partial charge >= 0.3 is 5.97 Å². The molecule has 0 saturated carbocycles. The summed E-state index contributed by atoms with van der Waals surface area (Å²) in [6.45, 7) is 1.85. The smallest absolute Gasteiger partial charge is 0.331 e. The number of ether oxygens (including phenoxy) is 3. The van der Waals surface area contributed by atoms with Crippen molar-refractivity contribution in [3.63, 3.8) is 0 Å². The van der Waals surface area contributed by atoms with Crippen LogP contribution in [-0.2, 0) is 16.1 Å². The molecule has 0 aliphatic carbocycles. The van der Waals surface area contributed by atoms with Crippen molar-refractivity contribution in [1.82, 2.24) is 10.1 Å². The van der Waals surface area contributed by atoms with E-state index in [1.165, 1.54) is 6.08 Å². The summed E-state index contributed by atoms with van der Waals surface area (Å²) in [7, 11) is 3.12. The van der Waals surface area contributed by atoms with Crippen molar-refractivity contribution in [1.29, 1.82) is 0 Å². The zero-order chi connectivity index (χ0) is 19.9. The van der Waals surface area contributed by atoms with Crippen LogP contribution in [0, 0.1) is 6.92 Å². The van der Waals surface area contributed by atoms with E-state index in [1.54, 1.807) is 38.5 Å². The van der Waals surface area contributed by atoms with Crippen LogP contribution in [0.1, 0.15) is 17.0 Å². The zero-order valence-electron chi connectivity index (χ0n) is 15.8. The highest BCUT2D eigenvalue weighted by atomic mass is 16.6. The van der Waals surface area contributed by atoms with Gasteiger partial charge in [0.25, 0.3) is 5.89 Å². The van der Waals surface area contributed by atoms with Gasteiger partial charge in [-0.3, -0.25) is 0 Å². The third-order valence-electron chi connectivity index (χ3n) is 4.03. The molecule has 0 fully saturated rings. The fourth-order valence-electron chi connectivity index (χ4n) is 2.56. The van der Waals surface area contributed by atoms with E-state index in [9.17, 15) is 4.79 Å². The normalized spacial score (nSPS) is 10.8. The summed E-state index contributed by atoms with van der Waals surface area (Å²) in [5.74, 6) is 1.41. The number of carbonyl (C=O) groups is 1. The SMILES string of the molecule is COc1ccc(OC)c(/C=C/C(=O)OCc2nc(-c3ccccc3C)no2)c1. The maximum absolute atomic E-state index is 12.0. The van der Waals surface area contributed by atoms with Crippen molar-refractivity contribution in [2.75, 3.05) is 14.2 Å². The van der Waals surface area contributed by atoms with Gasteiger partial charge in [0.15, 0.2) is 6.61 Å². The molecule has 0 spiro atoms. The lowest BCUT2D eigenvalue weighted by Gasteiger charge is -2.07. The number of rotatable bonds is 7. The first-order valence-electron chi connectivity index (χ1n) is 8.56. The average Bonchev–Trinajstić information content (AvgIpc) is 3.19. The maximum atomic E-state index is 12.0. The van der Waals surface area contributed by atoms with Crippen LogP contribution in [0.2, 0.25) is 0 Å². The molecule has 0 saturated heterocycles. The van der Waals surface area contributed by atoms with Crippen LogP contribution in [0.5, 0.6) is 11.5 Å². The molecule has 1 heterocycles. The Morgan fingerprint density at radius 2 is 1.96 bits per heavy atom. The lowest BCUT2D eigenvalue weighted by molar-refractivity contribution is -0.139. The number of esters is 1. The van der Waals surface area contributed by atoms with Crippen LogP contribution in [0.15, 0.2) is 53.1 Å². The molecule has 0 unspecified atom stereocenters. The summed E-state index contributed by atoms with van der Waals surface area (Å²) in [6, 6.07) is 13.0. The van der Waals surface area contributed by atoms with E-state index in [1.807, 2.05) is 31.2 Å². The Kier molecular flexibility index (Phi) is 6.06. The van der Waals surface area contributed by atoms with E-state index in [0.29, 0.717) is 22.9 Å². The molecule has 0 N–H and O–H groups in total. The monoisotopic (exact) mass is 380 g/mol. The van der Waals surface area contributed by atoms with Crippen LogP contribution in [0.3, 0.4) is 0 Å². The second-order valence-corrected chi connectivity index (χ2v) is 5.88. The molecule has 0 aliphatic heterocycles. The fourth-order valence-corrected chi connectivity index (χ4v) is 2.56. The Morgan fingerprint density at radius 1 is 1.14 bits per heavy atom. The molecule has 0 amide bonds. The van der Waals surface area contributed by atoms with Gasteiger partial charge in [-0.15, -0.1) is 0 Å². The summed E-state index contributed by atoms with van der Waals surface area (Å²) < 4.78 is 20.8. The first-order chi connectivity index (χ1) is 13.6. The van der Waals surface area contributed by atoms with Gasteiger partial charge in [-0.05, 0) is 36.8 Å². The van der Waals surface area contributed by atoms with Crippen molar-refractivity contribution in [3.05, 3.63) is 65.6 Å². The predicted molar refractivity (Wildman–Crippen MR) is 103 cm³/mol. The molecule has 0 aliphatic rings. The van der Waals surface area contributed by atoms with Crippen molar-refractivity contribution < 1.29 is 23.5 Å². The van der Waals surface area contributed by atoms with Crippen molar-refractivity contribution in [2.45, 2.75) is 13.5 Å². The van der Waals surface area contributed by atoms with E-state index in [2.05, 4.69) is 10.1 Å². The molecule has 28 heavy (non-hydrogen) atoms. The van der Waals surface area contributed by atoms with Crippen molar-refractivity contribution in [3.8, 4) is 22.9 Å². The molecule has 3 aromatic rings. The molecule has 0 radical (unpaired) electrons. The molecular weight excluding hydrogens is 360 g/mol. The molecule has 3 rings (SSSR count). The fraction of sp³-hybridized carbons (Fsp3) is 0.190. The highest BCUT2D eigenvalue weighted by Gasteiger charge is 2.12. The minimum Gasteiger partial charge on any atom is -0.497 e. The van der Waals surface area contributed by atoms with Crippen LogP contribution >= 0.6 is 0 Å². The molecular formula is C21H20N2O5. The first-order valence-corrected chi connectivity index (χ1v) is 8.56. The number of nitrogens with zero attached hydrogens (tertiary/aromatic N) is 2. The topological polar surface area (TPSA) is 83.7 Å². The third-order valence-corrected chi connectivity index (χ3v) is 4.03. The van der Waals surface area contributed by atoms with Gasteiger partial charge in [-0.25, -0.2) is 4.79 Å². The second kappa shape index (κ2) is 8.85. The quantitative estimate of drug-likeness (QED) is 0.455. The number of benzene rings is 2. The van der Waals surface area contributed by atoms with Gasteiger partial charge in [-0.2, -0.15) is 4.98 Å². The Morgan fingerprint density at radius 3 is 2.71 bits per heavy atom. The van der Waals surface area contributed by atoms with Gasteiger partial charge in [0.2, 0.25) is 5.82 Å². The number of aromatic nitrogens is 2. The summed E-state index contributed by atoms with van der Waals surface area (Å²) in [5.41, 5.74) is 2.59. The summed E-state index contributed by atoms with van der Waals surface area (Å²) in [6.07, 6.45) is 2.90. The minimum atomic E-state index is -0.541. The summed E-state index contributed by atoms with van der Waals surface area (Å²) in [4.78, 5) is 16.3. The van der Waals surface area contributed by atoms with Crippen molar-refractivity contribution >= 4 is 12.0 Å². The van der Waals surface area contributed by atoms with Crippen molar-refractivity contribution in [2.24, 2.45) is 0 Å². The maximum Gasteiger partial charge on any atom is 0.331 e. The number of hydrogen-bond donors (Lipinski definition) is 0. The molecule has 7 nitrogen and oxygen atoms in total. The van der Waals surface area contributed by atoms with E-state index in [4.69, 9.17) is 18.7 Å². The van der Waals surface area contributed by atoms with Crippen LogP contribution in [-0.4, -0.2) is 30.3 Å². The standard InChI is InChI=1S/C21H20N2O5/c1-14-6-4-5-7-17(14)21-22-19(28-23-21)13-27-20(24)11-8-15-12-16(25-2)9-10-18(15)26-3/h4-12H,13H2,1-3H3/b11-8+. The van der Waals surface area contributed by atoms with Gasteiger partial charge < -0.3 is 18.7 Å². The van der Waals surface area contributed by atoms with Gasteiger partial charge in [0.1, 0.15) is 11.5 Å². The van der Waals surface area contributed by atoms with Gasteiger partial charge in [0.05, 0.1) is 14.2 Å². The summed E-state index contributed by atoms with van der Waals surface area (Å²) >= 11 is 0. The molecule has 0 atom stereocenters. The Hall–Kier alpha value is -3.61. The van der Waals surface area contributed by atoms with Gasteiger partial charge in [-0.1, -0.05) is 29.4 Å². The van der Waals surface area contributed by atoms with E-state index >= 15 is 0 Å². The molecule has 7 heteroatoms. The Labute approximate surface area is 162 Å². The highest BCUT2D eigenvalue weighted by Crippen LogP contribution is 2.25. The predicted octanol–water partition coefficient (Wildman–Crippen LogP) is 3.82. The summed E-state index contributed by atoms with van der Waals surface area (Å²) in [5, 5.41) is 3.93. The Bertz CT molecular complexity index is 994. The average molecular weight is 380 g/mol. The van der Waals surface area contributed by atoms with Gasteiger partial charge in [0, 0.05) is 17.2 Å². The van der Waals surface area contributed by atoms with Crippen LogP contribution in [0.4, 0.5) is 0 Å². The Balaban J connectivity index is 1.62. The van der Waals surface area contributed by atoms with Crippen LogP contribution < -0.4 is 9.47 Å². The number of hydrogen-bond acceptors (Lipinski definition) is 7. The number of aryl methyl sites for hydroxylation is 1. The molecule has 1 aromatic heterocycles. The number of methoxy groups -OCH3 is 2. The zero-order valence-corrected chi connectivity index (χ0v) is 15.8. The molecule has 144 valence electrons. The largest absolute Gasteiger partial charge is 0.497 e. The number of carbonyl (C=O) groups excluding carboxylic acids is 1. The lowest BCUT2D eigenvalue weighted by atomic mass is 10.1. The highest BCUT2D eigenvalue weighted by molar-refractivity contribution is 5.87. The lowest BCUT2D eigenvalue weighted by Crippen LogP contribution is -2.01. The first kappa shape index (κ1) is 19.2. The third kappa shape index (κ3) is 4.56.